The van der Waals surface area contributed by atoms with Crippen LogP contribution in [0.25, 0.3) is 0 Å². The lowest BCUT2D eigenvalue weighted by Crippen LogP contribution is -2.25. The van der Waals surface area contributed by atoms with Crippen LogP contribution in [0.15, 0.2) is 16.9 Å². The Balaban J connectivity index is 1.74. The van der Waals surface area contributed by atoms with Gasteiger partial charge >= 0.3 is 0 Å². The van der Waals surface area contributed by atoms with Crippen molar-refractivity contribution < 1.29 is 4.79 Å². The zero-order valence-electron chi connectivity index (χ0n) is 18.8. The van der Waals surface area contributed by atoms with Gasteiger partial charge in [0.25, 0.3) is 0 Å². The van der Waals surface area contributed by atoms with Gasteiger partial charge in [-0.2, -0.15) is 5.10 Å². The average molecular weight is 471 g/mol. The second kappa shape index (κ2) is 19.1. The third kappa shape index (κ3) is 16.6. The fourth-order valence-corrected chi connectivity index (χ4v) is 3.99. The highest BCUT2D eigenvalue weighted by molar-refractivity contribution is 9.10. The highest BCUT2D eigenvalue weighted by Crippen LogP contribution is 2.13. The smallest absolute Gasteiger partial charge is 0.221 e. The largest absolute Gasteiger partial charge is 0.356 e. The second-order valence-corrected chi connectivity index (χ2v) is 9.24. The maximum Gasteiger partial charge on any atom is 0.221 e. The molecular formula is C24H44BrN3O. The van der Waals surface area contributed by atoms with Crippen molar-refractivity contribution in [1.82, 2.24) is 15.1 Å². The van der Waals surface area contributed by atoms with E-state index >= 15 is 0 Å². The summed E-state index contributed by atoms with van der Waals surface area (Å²) in [6.07, 6.45) is 26.1. The van der Waals surface area contributed by atoms with Gasteiger partial charge in [0.05, 0.1) is 10.7 Å². The lowest BCUT2D eigenvalue weighted by Gasteiger charge is -2.06. The molecule has 0 radical (unpaired) electrons. The monoisotopic (exact) mass is 469 g/mol. The number of hydrogen-bond donors (Lipinski definition) is 1. The van der Waals surface area contributed by atoms with Crippen molar-refractivity contribution in [2.24, 2.45) is 0 Å². The molecule has 168 valence electrons. The Kier molecular flexibility index (Phi) is 17.3. The summed E-state index contributed by atoms with van der Waals surface area (Å²) in [5.74, 6) is 0.123. The van der Waals surface area contributed by atoms with Gasteiger partial charge in [-0.25, -0.2) is 0 Å². The summed E-state index contributed by atoms with van der Waals surface area (Å²) in [5, 5.41) is 7.18. The van der Waals surface area contributed by atoms with E-state index in [1.807, 2.05) is 6.20 Å². The van der Waals surface area contributed by atoms with Crippen LogP contribution in [0.5, 0.6) is 0 Å². The van der Waals surface area contributed by atoms with E-state index in [0.717, 1.165) is 17.4 Å². The molecule has 1 amide bonds. The van der Waals surface area contributed by atoms with Gasteiger partial charge in [0.2, 0.25) is 5.91 Å². The van der Waals surface area contributed by atoms with E-state index in [4.69, 9.17) is 0 Å². The number of nitrogens with zero attached hydrogens (tertiary/aromatic N) is 2. The molecule has 4 nitrogen and oxygen atoms in total. The molecule has 0 atom stereocenters. The molecule has 1 rings (SSSR count). The highest BCUT2D eigenvalue weighted by Gasteiger charge is 2.02. The number of carbonyl (C=O) groups excluding carboxylic acids is 1. The van der Waals surface area contributed by atoms with Gasteiger partial charge in [0, 0.05) is 25.7 Å². The van der Waals surface area contributed by atoms with E-state index in [0.29, 0.717) is 13.0 Å². The Labute approximate surface area is 187 Å². The van der Waals surface area contributed by atoms with Crippen molar-refractivity contribution in [3.63, 3.8) is 0 Å². The molecular weight excluding hydrogens is 426 g/mol. The molecule has 1 aromatic heterocycles. The zero-order chi connectivity index (χ0) is 21.0. The summed E-state index contributed by atoms with van der Waals surface area (Å²) in [6.45, 7) is 3.72. The Morgan fingerprint density at radius 2 is 1.34 bits per heavy atom. The van der Waals surface area contributed by atoms with Crippen molar-refractivity contribution >= 4 is 21.8 Å². The fourth-order valence-electron chi connectivity index (χ4n) is 3.67. The molecule has 1 N–H and O–H groups in total. The molecule has 0 fully saturated rings. The number of nitrogens with one attached hydrogen (secondary N) is 1. The number of amides is 1. The van der Waals surface area contributed by atoms with E-state index in [1.165, 1.54) is 96.3 Å². The fraction of sp³-hybridized carbons (Fsp3) is 0.833. The van der Waals surface area contributed by atoms with E-state index in [2.05, 4.69) is 33.3 Å². The van der Waals surface area contributed by atoms with Gasteiger partial charge in [-0.1, -0.05) is 103 Å². The molecule has 0 saturated heterocycles. The van der Waals surface area contributed by atoms with Crippen LogP contribution in [0.4, 0.5) is 0 Å². The number of aryl methyl sites for hydroxylation is 1. The molecule has 0 aliphatic rings. The summed E-state index contributed by atoms with van der Waals surface area (Å²) >= 11 is 3.36. The van der Waals surface area contributed by atoms with Crippen LogP contribution in [0.3, 0.4) is 0 Å². The molecule has 0 aromatic carbocycles. The summed E-state index contributed by atoms with van der Waals surface area (Å²) in [5.41, 5.74) is 0. The van der Waals surface area contributed by atoms with Gasteiger partial charge in [0.1, 0.15) is 0 Å². The van der Waals surface area contributed by atoms with E-state index in [1.54, 1.807) is 10.9 Å². The predicted molar refractivity (Wildman–Crippen MR) is 127 cm³/mol. The molecule has 1 heterocycles. The van der Waals surface area contributed by atoms with E-state index in [-0.39, 0.29) is 5.91 Å². The van der Waals surface area contributed by atoms with Crippen molar-refractivity contribution in [3.8, 4) is 0 Å². The lowest BCUT2D eigenvalue weighted by molar-refractivity contribution is -0.121. The predicted octanol–water partition coefficient (Wildman–Crippen LogP) is 7.41. The first-order valence-electron chi connectivity index (χ1n) is 12.2. The average Bonchev–Trinajstić information content (AvgIpc) is 3.14. The minimum Gasteiger partial charge on any atom is -0.356 e. The summed E-state index contributed by atoms with van der Waals surface area (Å²) < 4.78 is 2.74. The van der Waals surface area contributed by atoms with Crippen molar-refractivity contribution in [1.29, 1.82) is 0 Å². The van der Waals surface area contributed by atoms with Crippen LogP contribution in [-0.4, -0.2) is 22.2 Å². The van der Waals surface area contributed by atoms with Crippen molar-refractivity contribution in [3.05, 3.63) is 16.9 Å². The van der Waals surface area contributed by atoms with Gasteiger partial charge < -0.3 is 5.32 Å². The first-order valence-corrected chi connectivity index (χ1v) is 13.0. The van der Waals surface area contributed by atoms with Crippen molar-refractivity contribution in [2.75, 3.05) is 6.54 Å². The summed E-state index contributed by atoms with van der Waals surface area (Å²) in [6, 6.07) is 0. The quantitative estimate of drug-likeness (QED) is 0.202. The van der Waals surface area contributed by atoms with Crippen LogP contribution in [0.1, 0.15) is 116 Å². The van der Waals surface area contributed by atoms with Crippen LogP contribution in [-0.2, 0) is 11.3 Å². The molecule has 5 heteroatoms. The normalized spacial score (nSPS) is 11.1. The first kappa shape index (κ1) is 26.2. The minimum atomic E-state index is 0.123. The number of hydrogen-bond acceptors (Lipinski definition) is 2. The summed E-state index contributed by atoms with van der Waals surface area (Å²) in [4.78, 5) is 11.8. The molecule has 0 aliphatic heterocycles. The highest BCUT2D eigenvalue weighted by atomic mass is 79.9. The molecule has 0 spiro atoms. The Hall–Kier alpha value is -0.840. The minimum absolute atomic E-state index is 0.123. The Morgan fingerprint density at radius 3 is 1.79 bits per heavy atom. The molecule has 0 saturated carbocycles. The third-order valence-electron chi connectivity index (χ3n) is 5.52. The van der Waals surface area contributed by atoms with Crippen molar-refractivity contribution in [2.45, 2.75) is 123 Å². The number of aromatic nitrogens is 2. The van der Waals surface area contributed by atoms with Crippen LogP contribution in [0, 0.1) is 0 Å². The van der Waals surface area contributed by atoms with E-state index < -0.39 is 0 Å². The maximum absolute atomic E-state index is 11.8. The maximum atomic E-state index is 11.8. The van der Waals surface area contributed by atoms with Crippen LogP contribution in [0.2, 0.25) is 0 Å². The first-order chi connectivity index (χ1) is 14.2. The van der Waals surface area contributed by atoms with Gasteiger partial charge in [0.15, 0.2) is 0 Å². The number of rotatable bonds is 20. The summed E-state index contributed by atoms with van der Waals surface area (Å²) in [7, 11) is 0. The van der Waals surface area contributed by atoms with Crippen LogP contribution >= 0.6 is 15.9 Å². The molecule has 0 aliphatic carbocycles. The topological polar surface area (TPSA) is 46.9 Å². The van der Waals surface area contributed by atoms with Gasteiger partial charge in [-0.05, 0) is 22.4 Å². The van der Waals surface area contributed by atoms with Crippen LogP contribution < -0.4 is 5.32 Å². The zero-order valence-corrected chi connectivity index (χ0v) is 20.4. The van der Waals surface area contributed by atoms with Gasteiger partial charge in [-0.3, -0.25) is 9.48 Å². The second-order valence-electron chi connectivity index (χ2n) is 8.32. The van der Waals surface area contributed by atoms with Gasteiger partial charge in [-0.15, -0.1) is 0 Å². The molecule has 0 bridgehead atoms. The third-order valence-corrected chi connectivity index (χ3v) is 5.93. The number of halogens is 1. The SMILES string of the molecule is CCCCCCCCCCCCCCCCCCNC(=O)CCn1cc(Br)cn1. The molecule has 1 aromatic rings. The number of unbranched alkanes of at least 4 members (excludes halogenated alkanes) is 15. The lowest BCUT2D eigenvalue weighted by atomic mass is 10.0. The van der Waals surface area contributed by atoms with E-state index in [9.17, 15) is 4.79 Å². The Bertz CT molecular complexity index is 504. The standard InChI is InChI=1S/C24H44BrN3O/c1-2-3-4-5-6-7-8-9-10-11-12-13-14-15-16-17-19-26-24(29)18-20-28-22-23(25)21-27-28/h21-22H,2-20H2,1H3,(H,26,29). The Morgan fingerprint density at radius 1 is 0.862 bits per heavy atom. The number of carbonyl (C=O) groups is 1. The molecule has 29 heavy (non-hydrogen) atoms. The molecule has 0 unspecified atom stereocenters.